The second-order valence-electron chi connectivity index (χ2n) is 5.86. The highest BCUT2D eigenvalue weighted by Gasteiger charge is 2.17. The molecule has 0 aliphatic rings. The smallest absolute Gasteiger partial charge is 0.116 e. The zero-order chi connectivity index (χ0) is 16.7. The number of rotatable bonds is 2. The molecule has 0 bridgehead atoms. The molecule has 4 rings (SSSR count). The Kier molecular flexibility index (Phi) is 3.51. The minimum Gasteiger partial charge on any atom is -0.508 e. The molecule has 1 aromatic heterocycles. The van der Waals surface area contributed by atoms with Gasteiger partial charge in [-0.1, -0.05) is 30.3 Å². The van der Waals surface area contributed by atoms with Crippen LogP contribution in [0.4, 0.5) is 0 Å². The minimum absolute atomic E-state index is 0.259. The molecule has 2 nitrogen and oxygen atoms in total. The van der Waals surface area contributed by atoms with E-state index in [2.05, 4.69) is 12.1 Å². The fourth-order valence-electron chi connectivity index (χ4n) is 3.06. The van der Waals surface area contributed by atoms with E-state index in [9.17, 15) is 10.2 Å². The molecule has 0 saturated carbocycles. The predicted molar refractivity (Wildman–Crippen MR) is 101 cm³/mol. The third-order valence-corrected chi connectivity index (χ3v) is 5.54. The van der Waals surface area contributed by atoms with Crippen molar-refractivity contribution in [2.45, 2.75) is 6.92 Å². The number of benzene rings is 3. The van der Waals surface area contributed by atoms with E-state index < -0.39 is 0 Å². The van der Waals surface area contributed by atoms with Crippen molar-refractivity contribution in [2.75, 3.05) is 0 Å². The first kappa shape index (κ1) is 14.8. The van der Waals surface area contributed by atoms with Gasteiger partial charge < -0.3 is 10.2 Å². The van der Waals surface area contributed by atoms with E-state index in [4.69, 9.17) is 0 Å². The predicted octanol–water partition coefficient (Wildman–Crippen LogP) is 5.95. The Hall–Kier alpha value is -2.78. The van der Waals surface area contributed by atoms with Gasteiger partial charge in [0.25, 0.3) is 0 Å². The van der Waals surface area contributed by atoms with Gasteiger partial charge in [-0.25, -0.2) is 0 Å². The Morgan fingerprint density at radius 2 is 1.46 bits per heavy atom. The van der Waals surface area contributed by atoms with E-state index in [1.165, 1.54) is 4.70 Å². The number of aryl methyl sites for hydroxylation is 1. The van der Waals surface area contributed by atoms with Crippen LogP contribution < -0.4 is 0 Å². The van der Waals surface area contributed by atoms with Crippen molar-refractivity contribution in [3.63, 3.8) is 0 Å². The van der Waals surface area contributed by atoms with Crippen molar-refractivity contribution in [1.82, 2.24) is 0 Å². The lowest BCUT2D eigenvalue weighted by Crippen LogP contribution is -1.81. The van der Waals surface area contributed by atoms with Crippen LogP contribution in [-0.2, 0) is 0 Å². The first-order valence-corrected chi connectivity index (χ1v) is 8.56. The molecular formula is C21H16O2S. The first-order valence-electron chi connectivity index (χ1n) is 7.74. The quantitative estimate of drug-likeness (QED) is 0.476. The number of thiophene rings is 1. The van der Waals surface area contributed by atoms with Crippen molar-refractivity contribution in [1.29, 1.82) is 0 Å². The number of phenols is 2. The minimum atomic E-state index is 0.259. The van der Waals surface area contributed by atoms with Gasteiger partial charge in [0.1, 0.15) is 11.5 Å². The number of aromatic hydroxyl groups is 2. The molecule has 0 unspecified atom stereocenters. The third-order valence-electron chi connectivity index (χ3n) is 4.15. The summed E-state index contributed by atoms with van der Waals surface area (Å²) in [7, 11) is 0. The molecule has 2 N–H and O–H groups in total. The molecule has 0 atom stereocenters. The average molecular weight is 332 g/mol. The highest BCUT2D eigenvalue weighted by molar-refractivity contribution is 7.23. The summed E-state index contributed by atoms with van der Waals surface area (Å²) in [6, 6.07) is 21.1. The molecule has 0 aliphatic heterocycles. The molecule has 0 saturated heterocycles. The van der Waals surface area contributed by atoms with Crippen LogP contribution in [0.15, 0.2) is 66.7 Å². The Morgan fingerprint density at radius 3 is 2.17 bits per heavy atom. The topological polar surface area (TPSA) is 40.5 Å². The fourth-order valence-corrected chi connectivity index (χ4v) is 4.34. The van der Waals surface area contributed by atoms with Crippen molar-refractivity contribution in [3.8, 4) is 33.1 Å². The molecule has 0 amide bonds. The summed E-state index contributed by atoms with van der Waals surface area (Å²) in [6.07, 6.45) is 0. The van der Waals surface area contributed by atoms with Gasteiger partial charge >= 0.3 is 0 Å². The molecule has 4 aromatic rings. The summed E-state index contributed by atoms with van der Waals surface area (Å²) in [5.41, 5.74) is 4.38. The van der Waals surface area contributed by atoms with Crippen molar-refractivity contribution >= 4 is 21.4 Å². The van der Waals surface area contributed by atoms with Crippen LogP contribution in [0.1, 0.15) is 5.56 Å². The SMILES string of the molecule is Cc1cc(O)cc2c(-c3ccccc3)c(-c3ccc(O)cc3)sc12. The Morgan fingerprint density at radius 1 is 0.750 bits per heavy atom. The van der Waals surface area contributed by atoms with Crippen LogP contribution in [0, 0.1) is 6.92 Å². The average Bonchev–Trinajstić information content (AvgIpc) is 2.96. The normalized spacial score (nSPS) is 11.0. The Labute approximate surface area is 144 Å². The van der Waals surface area contributed by atoms with Gasteiger partial charge in [-0.05, 0) is 60.0 Å². The summed E-state index contributed by atoms with van der Waals surface area (Å²) in [4.78, 5) is 1.14. The van der Waals surface area contributed by atoms with Crippen molar-refractivity contribution in [3.05, 3.63) is 72.3 Å². The molecule has 0 fully saturated rings. The zero-order valence-electron chi connectivity index (χ0n) is 13.2. The van der Waals surface area contributed by atoms with E-state index in [1.807, 2.05) is 43.3 Å². The lowest BCUT2D eigenvalue weighted by Gasteiger charge is -2.06. The summed E-state index contributed by atoms with van der Waals surface area (Å²) in [6.45, 7) is 2.02. The maximum absolute atomic E-state index is 10.1. The van der Waals surface area contributed by atoms with Crippen LogP contribution in [-0.4, -0.2) is 10.2 Å². The molecule has 0 aliphatic carbocycles. The molecule has 1 heterocycles. The maximum atomic E-state index is 10.1. The second-order valence-corrected chi connectivity index (χ2v) is 6.88. The van der Waals surface area contributed by atoms with Gasteiger partial charge in [0, 0.05) is 20.5 Å². The van der Waals surface area contributed by atoms with Gasteiger partial charge in [0.2, 0.25) is 0 Å². The van der Waals surface area contributed by atoms with E-state index in [-0.39, 0.29) is 11.5 Å². The van der Waals surface area contributed by atoms with Crippen LogP contribution in [0.3, 0.4) is 0 Å². The maximum Gasteiger partial charge on any atom is 0.116 e. The third kappa shape index (κ3) is 2.43. The number of hydrogen-bond donors (Lipinski definition) is 2. The lowest BCUT2D eigenvalue weighted by molar-refractivity contribution is 0.475. The lowest BCUT2D eigenvalue weighted by atomic mass is 9.98. The van der Waals surface area contributed by atoms with E-state index in [0.717, 1.165) is 32.5 Å². The highest BCUT2D eigenvalue weighted by atomic mass is 32.1. The molecule has 24 heavy (non-hydrogen) atoms. The Balaban J connectivity index is 2.09. The summed E-state index contributed by atoms with van der Waals surface area (Å²) in [5, 5.41) is 20.7. The van der Waals surface area contributed by atoms with Gasteiger partial charge in [-0.3, -0.25) is 0 Å². The number of phenolic OH excluding ortho intramolecular Hbond substituents is 2. The standard InChI is InChI=1S/C21H16O2S/c1-13-11-17(23)12-18-19(14-5-3-2-4-6-14)21(24-20(13)18)15-7-9-16(22)10-8-15/h2-12,22-23H,1H3. The monoisotopic (exact) mass is 332 g/mol. The summed E-state index contributed by atoms with van der Waals surface area (Å²) >= 11 is 1.72. The second kappa shape index (κ2) is 5.69. The van der Waals surface area contributed by atoms with Gasteiger partial charge in [-0.2, -0.15) is 0 Å². The molecule has 118 valence electrons. The van der Waals surface area contributed by atoms with Crippen LogP contribution in [0.2, 0.25) is 0 Å². The zero-order valence-corrected chi connectivity index (χ0v) is 14.0. The largest absolute Gasteiger partial charge is 0.508 e. The summed E-state index contributed by atoms with van der Waals surface area (Å²) in [5.74, 6) is 0.544. The molecule has 0 spiro atoms. The number of hydrogen-bond acceptors (Lipinski definition) is 3. The van der Waals surface area contributed by atoms with Crippen molar-refractivity contribution < 1.29 is 10.2 Å². The van der Waals surface area contributed by atoms with Crippen LogP contribution >= 0.6 is 11.3 Å². The van der Waals surface area contributed by atoms with Crippen LogP contribution in [0.25, 0.3) is 31.7 Å². The van der Waals surface area contributed by atoms with Crippen molar-refractivity contribution in [2.24, 2.45) is 0 Å². The van der Waals surface area contributed by atoms with E-state index >= 15 is 0 Å². The number of fused-ring (bicyclic) bond motifs is 1. The molecule has 3 heteroatoms. The van der Waals surface area contributed by atoms with Gasteiger partial charge in [-0.15, -0.1) is 11.3 Å². The molecular weight excluding hydrogens is 316 g/mol. The van der Waals surface area contributed by atoms with E-state index in [0.29, 0.717) is 0 Å². The van der Waals surface area contributed by atoms with Crippen LogP contribution in [0.5, 0.6) is 11.5 Å². The van der Waals surface area contributed by atoms with E-state index in [1.54, 1.807) is 29.5 Å². The fraction of sp³-hybridized carbons (Fsp3) is 0.0476. The summed E-state index contributed by atoms with van der Waals surface area (Å²) < 4.78 is 1.18. The van der Waals surface area contributed by atoms with Gasteiger partial charge in [0.05, 0.1) is 0 Å². The molecule has 3 aromatic carbocycles. The Bertz CT molecular complexity index is 1020. The highest BCUT2D eigenvalue weighted by Crippen LogP contribution is 2.46. The van der Waals surface area contributed by atoms with Gasteiger partial charge in [0.15, 0.2) is 0 Å². The molecule has 0 radical (unpaired) electrons. The first-order chi connectivity index (χ1) is 11.6.